The summed E-state index contributed by atoms with van der Waals surface area (Å²) in [6, 6.07) is 7.28. The van der Waals surface area contributed by atoms with E-state index in [1.54, 1.807) is 17.4 Å². The van der Waals surface area contributed by atoms with Gasteiger partial charge in [0.05, 0.1) is 5.01 Å². The van der Waals surface area contributed by atoms with Gasteiger partial charge in [0.25, 0.3) is 0 Å². The van der Waals surface area contributed by atoms with Crippen LogP contribution in [0.25, 0.3) is 0 Å². The van der Waals surface area contributed by atoms with Crippen LogP contribution in [0.2, 0.25) is 0 Å². The number of benzene rings is 1. The summed E-state index contributed by atoms with van der Waals surface area (Å²) in [5.41, 5.74) is 0.797. The topological polar surface area (TPSA) is 49.3 Å². The lowest BCUT2D eigenvalue weighted by Gasteiger charge is -2.11. The summed E-state index contributed by atoms with van der Waals surface area (Å²) in [7, 11) is 0. The Morgan fingerprint density at radius 3 is 2.92 bits per heavy atom. The molecule has 1 aromatic heterocycles. The summed E-state index contributed by atoms with van der Waals surface area (Å²) in [5.74, 6) is 0.920. The van der Waals surface area contributed by atoms with Gasteiger partial charge in [0.2, 0.25) is 0 Å². The molecule has 6 heteroatoms. The lowest BCUT2D eigenvalue weighted by atomic mass is 10.1. The number of guanidine groups is 1. The first-order chi connectivity index (χ1) is 12.2. The maximum atomic E-state index is 13.9. The largest absolute Gasteiger partial charge is 0.357 e. The molecule has 0 spiro atoms. The van der Waals surface area contributed by atoms with Gasteiger partial charge in [-0.3, -0.25) is 4.99 Å². The number of rotatable bonds is 7. The van der Waals surface area contributed by atoms with Crippen molar-refractivity contribution in [3.05, 3.63) is 51.7 Å². The molecule has 3 rings (SSSR count). The van der Waals surface area contributed by atoms with Crippen molar-refractivity contribution in [2.45, 2.75) is 45.1 Å². The molecule has 1 aliphatic carbocycles. The Labute approximate surface area is 152 Å². The standard InChI is InChI=1S/C19H25FN4S/c1-3-13-12-23-18(25-13)9-10-22-19(21-4-2)24-17-11-15(17)14-7-5-6-8-16(14)20/h5-8,12,15,17H,3-4,9-11H2,1-2H3,(H2,21,22,24). The number of nitrogens with zero attached hydrogens (tertiary/aromatic N) is 2. The summed E-state index contributed by atoms with van der Waals surface area (Å²) in [6.45, 7) is 5.69. The molecule has 4 nitrogen and oxygen atoms in total. The van der Waals surface area contributed by atoms with E-state index in [1.807, 2.05) is 25.3 Å². The number of thiazole rings is 1. The molecule has 0 amide bonds. The predicted molar refractivity (Wildman–Crippen MR) is 102 cm³/mol. The third-order valence-corrected chi connectivity index (χ3v) is 5.51. The summed E-state index contributed by atoms with van der Waals surface area (Å²) in [4.78, 5) is 10.4. The van der Waals surface area contributed by atoms with Crippen molar-refractivity contribution in [3.63, 3.8) is 0 Å². The molecule has 0 bridgehead atoms. The zero-order chi connectivity index (χ0) is 17.6. The molecule has 2 atom stereocenters. The van der Waals surface area contributed by atoms with Gasteiger partial charge in [-0.15, -0.1) is 11.3 Å². The van der Waals surface area contributed by atoms with Gasteiger partial charge in [-0.1, -0.05) is 25.1 Å². The molecule has 1 heterocycles. The van der Waals surface area contributed by atoms with E-state index in [4.69, 9.17) is 0 Å². The molecule has 2 N–H and O–H groups in total. The van der Waals surface area contributed by atoms with Crippen LogP contribution in [-0.4, -0.2) is 30.1 Å². The summed E-state index contributed by atoms with van der Waals surface area (Å²) >= 11 is 1.76. The van der Waals surface area contributed by atoms with Crippen LogP contribution in [-0.2, 0) is 12.8 Å². The smallest absolute Gasteiger partial charge is 0.191 e. The van der Waals surface area contributed by atoms with E-state index in [1.165, 1.54) is 10.9 Å². The number of hydrogen-bond donors (Lipinski definition) is 2. The number of nitrogens with one attached hydrogen (secondary N) is 2. The van der Waals surface area contributed by atoms with Crippen molar-refractivity contribution in [1.29, 1.82) is 0 Å². The van der Waals surface area contributed by atoms with Gasteiger partial charge in [-0.05, 0) is 31.4 Å². The quantitative estimate of drug-likeness (QED) is 0.587. The second kappa shape index (κ2) is 8.43. The fourth-order valence-corrected chi connectivity index (χ4v) is 3.71. The van der Waals surface area contributed by atoms with Crippen LogP contribution >= 0.6 is 11.3 Å². The Kier molecular flexibility index (Phi) is 6.02. The highest BCUT2D eigenvalue weighted by Crippen LogP contribution is 2.41. The molecule has 2 aromatic rings. The third kappa shape index (κ3) is 4.78. The van der Waals surface area contributed by atoms with Crippen molar-refractivity contribution in [2.75, 3.05) is 13.1 Å². The average molecular weight is 361 g/mol. The third-order valence-electron chi connectivity index (χ3n) is 4.31. The summed E-state index contributed by atoms with van der Waals surface area (Å²) in [6.07, 6.45) is 4.78. The van der Waals surface area contributed by atoms with Crippen molar-refractivity contribution >= 4 is 17.3 Å². The van der Waals surface area contributed by atoms with Gasteiger partial charge < -0.3 is 10.6 Å². The number of aryl methyl sites for hydroxylation is 1. The zero-order valence-electron chi connectivity index (χ0n) is 14.8. The molecule has 134 valence electrons. The molecular weight excluding hydrogens is 335 g/mol. The predicted octanol–water partition coefficient (Wildman–Crippen LogP) is 3.50. The van der Waals surface area contributed by atoms with Crippen LogP contribution < -0.4 is 10.6 Å². The van der Waals surface area contributed by atoms with Crippen molar-refractivity contribution in [3.8, 4) is 0 Å². The van der Waals surface area contributed by atoms with Crippen LogP contribution in [0, 0.1) is 5.82 Å². The molecule has 0 aliphatic heterocycles. The van der Waals surface area contributed by atoms with Crippen molar-refractivity contribution < 1.29 is 4.39 Å². The number of halogens is 1. The van der Waals surface area contributed by atoms with Crippen LogP contribution in [0.4, 0.5) is 4.39 Å². The number of aliphatic imine (C=N–C) groups is 1. The molecule has 25 heavy (non-hydrogen) atoms. The van der Waals surface area contributed by atoms with Crippen LogP contribution in [0.3, 0.4) is 0 Å². The molecule has 1 saturated carbocycles. The summed E-state index contributed by atoms with van der Waals surface area (Å²) < 4.78 is 13.9. The minimum atomic E-state index is -0.116. The Balaban J connectivity index is 1.54. The zero-order valence-corrected chi connectivity index (χ0v) is 15.6. The van der Waals surface area contributed by atoms with Crippen LogP contribution in [0.15, 0.2) is 35.5 Å². The van der Waals surface area contributed by atoms with E-state index < -0.39 is 0 Å². The van der Waals surface area contributed by atoms with Crippen LogP contribution in [0.1, 0.15) is 41.6 Å². The van der Waals surface area contributed by atoms with Crippen molar-refractivity contribution in [2.24, 2.45) is 4.99 Å². The first-order valence-electron chi connectivity index (χ1n) is 8.94. The fourth-order valence-electron chi connectivity index (χ4n) is 2.86. The Bertz CT molecular complexity index is 728. The van der Waals surface area contributed by atoms with Gasteiger partial charge in [-0.2, -0.15) is 0 Å². The molecule has 1 fully saturated rings. The normalized spacial score (nSPS) is 19.7. The van der Waals surface area contributed by atoms with E-state index in [-0.39, 0.29) is 17.8 Å². The first-order valence-corrected chi connectivity index (χ1v) is 9.75. The number of hydrogen-bond acceptors (Lipinski definition) is 3. The lowest BCUT2D eigenvalue weighted by molar-refractivity contribution is 0.607. The van der Waals surface area contributed by atoms with E-state index in [0.717, 1.165) is 42.3 Å². The van der Waals surface area contributed by atoms with E-state index in [0.29, 0.717) is 6.54 Å². The molecule has 0 saturated heterocycles. The maximum absolute atomic E-state index is 13.9. The molecule has 1 aliphatic rings. The van der Waals surface area contributed by atoms with Gasteiger partial charge >= 0.3 is 0 Å². The average Bonchev–Trinajstić information content (AvgIpc) is 3.21. The highest BCUT2D eigenvalue weighted by Gasteiger charge is 2.40. The highest BCUT2D eigenvalue weighted by molar-refractivity contribution is 7.11. The maximum Gasteiger partial charge on any atom is 0.191 e. The SMILES string of the molecule is CCNC(=NCCc1ncc(CC)s1)NC1CC1c1ccccc1F. The molecular formula is C19H25FN4S. The Morgan fingerprint density at radius 2 is 2.20 bits per heavy atom. The Hall–Kier alpha value is -1.95. The van der Waals surface area contributed by atoms with Gasteiger partial charge in [-0.25, -0.2) is 9.37 Å². The van der Waals surface area contributed by atoms with Gasteiger partial charge in [0.15, 0.2) is 5.96 Å². The first kappa shape index (κ1) is 17.9. The lowest BCUT2D eigenvalue weighted by Crippen LogP contribution is -2.39. The summed E-state index contributed by atoms with van der Waals surface area (Å²) in [5, 5.41) is 7.83. The number of aromatic nitrogens is 1. The molecule has 2 unspecified atom stereocenters. The van der Waals surface area contributed by atoms with E-state index >= 15 is 0 Å². The van der Waals surface area contributed by atoms with Gasteiger partial charge in [0, 0.05) is 42.5 Å². The highest BCUT2D eigenvalue weighted by atomic mass is 32.1. The van der Waals surface area contributed by atoms with E-state index in [2.05, 4.69) is 27.5 Å². The fraction of sp³-hybridized carbons (Fsp3) is 0.474. The van der Waals surface area contributed by atoms with Crippen LogP contribution in [0.5, 0.6) is 0 Å². The molecule has 0 radical (unpaired) electrons. The minimum Gasteiger partial charge on any atom is -0.357 e. The Morgan fingerprint density at radius 1 is 1.36 bits per heavy atom. The van der Waals surface area contributed by atoms with E-state index in [9.17, 15) is 4.39 Å². The minimum absolute atomic E-state index is 0.116. The second-order valence-electron chi connectivity index (χ2n) is 6.20. The molecule has 1 aromatic carbocycles. The van der Waals surface area contributed by atoms with Crippen molar-refractivity contribution in [1.82, 2.24) is 15.6 Å². The second-order valence-corrected chi connectivity index (χ2v) is 7.40. The monoisotopic (exact) mass is 360 g/mol. The van der Waals surface area contributed by atoms with Gasteiger partial charge in [0.1, 0.15) is 5.82 Å².